The highest BCUT2D eigenvalue weighted by Crippen LogP contribution is 2.26. The van der Waals surface area contributed by atoms with Gasteiger partial charge in [-0.3, -0.25) is 19.4 Å². The lowest BCUT2D eigenvalue weighted by Crippen LogP contribution is -2.48. The Morgan fingerprint density at radius 1 is 1.06 bits per heavy atom. The predicted molar refractivity (Wildman–Crippen MR) is 139 cm³/mol. The van der Waals surface area contributed by atoms with Gasteiger partial charge in [0.05, 0.1) is 13.1 Å². The normalized spacial score (nSPS) is 13.0. The van der Waals surface area contributed by atoms with E-state index in [1.54, 1.807) is 30.1 Å². The van der Waals surface area contributed by atoms with Crippen LogP contribution in [0.15, 0.2) is 36.4 Å². The second kappa shape index (κ2) is 12.1. The third kappa shape index (κ3) is 7.13. The van der Waals surface area contributed by atoms with Gasteiger partial charge in [0.15, 0.2) is 5.78 Å². The number of carbonyl (C=O) groups excluding carboxylic acids is 3. The van der Waals surface area contributed by atoms with Gasteiger partial charge in [0, 0.05) is 37.9 Å². The first-order chi connectivity index (χ1) is 17.0. The summed E-state index contributed by atoms with van der Waals surface area (Å²) < 4.78 is 13.6. The molecule has 0 fully saturated rings. The fourth-order valence-corrected chi connectivity index (χ4v) is 4.34. The molecule has 0 aliphatic carbocycles. The van der Waals surface area contributed by atoms with Crippen molar-refractivity contribution < 1.29 is 18.8 Å². The van der Waals surface area contributed by atoms with Gasteiger partial charge in [-0.15, -0.1) is 0 Å². The van der Waals surface area contributed by atoms with E-state index in [0.29, 0.717) is 36.8 Å². The number of aryl methyl sites for hydroxylation is 1. The fraction of sp³-hybridized carbons (Fsp3) is 0.464. The smallest absolute Gasteiger partial charge is 0.256 e. The molecule has 1 heterocycles. The van der Waals surface area contributed by atoms with E-state index in [9.17, 15) is 18.8 Å². The third-order valence-electron chi connectivity index (χ3n) is 6.56. The Morgan fingerprint density at radius 2 is 1.78 bits per heavy atom. The average molecular weight is 497 g/mol. The van der Waals surface area contributed by atoms with Crippen molar-refractivity contribution in [2.75, 3.05) is 31.6 Å². The Labute approximate surface area is 213 Å². The number of carbonyl (C=O) groups is 3. The van der Waals surface area contributed by atoms with Crippen LogP contribution in [-0.4, -0.2) is 54.3 Å². The molecule has 194 valence electrons. The molecule has 1 aliphatic rings. The molecule has 1 N–H and O–H groups in total. The van der Waals surface area contributed by atoms with E-state index in [0.717, 1.165) is 29.5 Å². The van der Waals surface area contributed by atoms with Crippen molar-refractivity contribution in [3.63, 3.8) is 0 Å². The lowest BCUT2D eigenvalue weighted by Gasteiger charge is -2.32. The molecule has 0 unspecified atom stereocenters. The molecule has 0 spiro atoms. The largest absolute Gasteiger partial charge is 0.355 e. The predicted octanol–water partition coefficient (Wildman–Crippen LogP) is 4.08. The minimum absolute atomic E-state index is 0.00507. The molecule has 0 atom stereocenters. The van der Waals surface area contributed by atoms with E-state index in [4.69, 9.17) is 0 Å². The molecular weight excluding hydrogens is 459 g/mol. The van der Waals surface area contributed by atoms with Crippen LogP contribution in [0.4, 0.5) is 10.1 Å². The zero-order valence-electron chi connectivity index (χ0n) is 21.9. The Kier molecular flexibility index (Phi) is 9.20. The first-order valence-corrected chi connectivity index (χ1v) is 12.5. The van der Waals surface area contributed by atoms with Crippen LogP contribution >= 0.6 is 0 Å². The van der Waals surface area contributed by atoms with E-state index >= 15 is 0 Å². The Morgan fingerprint density at radius 3 is 2.47 bits per heavy atom. The van der Waals surface area contributed by atoms with Crippen LogP contribution in [0.3, 0.4) is 0 Å². The number of hydrazine groups is 1. The highest BCUT2D eigenvalue weighted by atomic mass is 19.1. The highest BCUT2D eigenvalue weighted by molar-refractivity contribution is 5.96. The number of nitrogens with one attached hydrogen (secondary N) is 1. The quantitative estimate of drug-likeness (QED) is 0.375. The Bertz CT molecular complexity index is 1120. The number of rotatable bonds is 11. The van der Waals surface area contributed by atoms with Gasteiger partial charge in [0.1, 0.15) is 5.82 Å². The van der Waals surface area contributed by atoms with Crippen LogP contribution in [-0.2, 0) is 22.7 Å². The third-order valence-corrected chi connectivity index (χ3v) is 6.56. The van der Waals surface area contributed by atoms with Gasteiger partial charge in [0.25, 0.3) is 5.91 Å². The van der Waals surface area contributed by atoms with Crippen molar-refractivity contribution in [1.82, 2.24) is 15.3 Å². The monoisotopic (exact) mass is 496 g/mol. The Hall–Kier alpha value is -3.26. The summed E-state index contributed by atoms with van der Waals surface area (Å²) in [5.74, 6) is -0.193. The van der Waals surface area contributed by atoms with Crippen LogP contribution in [0.2, 0.25) is 0 Å². The summed E-state index contributed by atoms with van der Waals surface area (Å²) in [5.41, 5.74) is 3.91. The molecule has 0 saturated carbocycles. The Balaban J connectivity index is 1.74. The maximum Gasteiger partial charge on any atom is 0.256 e. The molecular formula is C28H37FN4O3. The topological polar surface area (TPSA) is 73.0 Å². The minimum Gasteiger partial charge on any atom is -0.355 e. The number of hydrogen-bond donors (Lipinski definition) is 1. The van der Waals surface area contributed by atoms with Crippen molar-refractivity contribution in [1.29, 1.82) is 0 Å². The summed E-state index contributed by atoms with van der Waals surface area (Å²) in [6.45, 7) is 9.15. The van der Waals surface area contributed by atoms with Gasteiger partial charge in [-0.1, -0.05) is 32.0 Å². The molecule has 3 rings (SSSR count). The van der Waals surface area contributed by atoms with Crippen molar-refractivity contribution in [3.8, 4) is 0 Å². The van der Waals surface area contributed by atoms with Crippen LogP contribution in [0, 0.1) is 18.7 Å². The number of anilines is 1. The van der Waals surface area contributed by atoms with Crippen LogP contribution < -0.4 is 10.2 Å². The summed E-state index contributed by atoms with van der Waals surface area (Å²) in [7, 11) is 1.69. The lowest BCUT2D eigenvalue weighted by atomic mass is 10.1. The van der Waals surface area contributed by atoms with Gasteiger partial charge in [-0.05, 0) is 67.5 Å². The minimum atomic E-state index is -0.295. The van der Waals surface area contributed by atoms with Gasteiger partial charge < -0.3 is 10.2 Å². The number of nitrogens with zero attached hydrogens (tertiary/aromatic N) is 3. The highest BCUT2D eigenvalue weighted by Gasteiger charge is 2.27. The molecule has 2 amide bonds. The molecule has 0 saturated heterocycles. The average Bonchev–Trinajstić information content (AvgIpc) is 3.24. The standard InChI is InChI=1S/C28H37FN4O3/c1-19(2)7-6-12-30-27(35)17-32(26-14-22(21(4)34)9-8-20(26)3)18-28(36)31(5)33-15-23-10-11-25(29)13-24(23)16-33/h8-11,13-14,19H,6-7,12,15-18H2,1-5H3,(H,30,35). The summed E-state index contributed by atoms with van der Waals surface area (Å²) >= 11 is 0. The molecule has 8 heteroatoms. The summed E-state index contributed by atoms with van der Waals surface area (Å²) in [4.78, 5) is 39.9. The SMILES string of the molecule is CC(=O)c1ccc(C)c(N(CC(=O)NCCCC(C)C)CC(=O)N(C)N2Cc3ccc(F)cc3C2)c1. The second-order valence-corrected chi connectivity index (χ2v) is 9.95. The first-order valence-electron chi connectivity index (χ1n) is 12.5. The van der Waals surface area contributed by atoms with Gasteiger partial charge in [-0.2, -0.15) is 0 Å². The first kappa shape index (κ1) is 27.3. The number of Topliss-reactive ketones (excluding diaryl/α,β-unsaturated/α-hetero) is 1. The number of ketones is 1. The summed E-state index contributed by atoms with van der Waals surface area (Å²) in [6, 6.07) is 10.00. The van der Waals surface area contributed by atoms with E-state index in [1.807, 2.05) is 18.0 Å². The number of benzene rings is 2. The molecule has 0 radical (unpaired) electrons. The zero-order valence-corrected chi connectivity index (χ0v) is 21.9. The van der Waals surface area contributed by atoms with Crippen LogP contribution in [0.1, 0.15) is 60.7 Å². The van der Waals surface area contributed by atoms with Crippen LogP contribution in [0.5, 0.6) is 0 Å². The van der Waals surface area contributed by atoms with Gasteiger partial charge in [-0.25, -0.2) is 9.40 Å². The molecule has 2 aromatic carbocycles. The van der Waals surface area contributed by atoms with Crippen molar-refractivity contribution in [3.05, 3.63) is 64.5 Å². The van der Waals surface area contributed by atoms with Crippen LogP contribution in [0.25, 0.3) is 0 Å². The molecule has 0 aromatic heterocycles. The molecule has 36 heavy (non-hydrogen) atoms. The molecule has 1 aliphatic heterocycles. The number of hydrogen-bond acceptors (Lipinski definition) is 5. The lowest BCUT2D eigenvalue weighted by molar-refractivity contribution is -0.145. The van der Waals surface area contributed by atoms with Crippen molar-refractivity contribution in [2.45, 2.75) is 53.6 Å². The fourth-order valence-electron chi connectivity index (χ4n) is 4.34. The number of likely N-dealkylation sites (N-methyl/N-ethyl adjacent to an activating group) is 1. The zero-order chi connectivity index (χ0) is 26.4. The van der Waals surface area contributed by atoms with E-state index in [-0.39, 0.29) is 36.5 Å². The maximum absolute atomic E-state index is 13.6. The van der Waals surface area contributed by atoms with Crippen molar-refractivity contribution in [2.24, 2.45) is 5.92 Å². The van der Waals surface area contributed by atoms with E-state index in [2.05, 4.69) is 19.2 Å². The molecule has 2 aromatic rings. The summed E-state index contributed by atoms with van der Waals surface area (Å²) in [6.07, 6.45) is 1.91. The molecule has 7 nitrogen and oxygen atoms in total. The van der Waals surface area contributed by atoms with E-state index in [1.165, 1.54) is 24.1 Å². The maximum atomic E-state index is 13.6. The number of fused-ring (bicyclic) bond motifs is 1. The summed E-state index contributed by atoms with van der Waals surface area (Å²) in [5, 5.41) is 6.35. The van der Waals surface area contributed by atoms with Gasteiger partial charge >= 0.3 is 0 Å². The number of halogens is 1. The van der Waals surface area contributed by atoms with Gasteiger partial charge in [0.2, 0.25) is 5.91 Å². The van der Waals surface area contributed by atoms with E-state index < -0.39 is 0 Å². The van der Waals surface area contributed by atoms with Crippen molar-refractivity contribution >= 4 is 23.3 Å². The number of amides is 2. The second-order valence-electron chi connectivity index (χ2n) is 9.95. The molecule has 0 bridgehead atoms.